The maximum Gasteiger partial charge on any atom is 0.416 e. The van der Waals surface area contributed by atoms with E-state index in [4.69, 9.17) is 5.11 Å². The molecule has 116 valence electrons. The topological polar surface area (TPSA) is 80.4 Å². The van der Waals surface area contributed by atoms with Gasteiger partial charge in [-0.05, 0) is 23.6 Å². The number of hydrogen-bond acceptors (Lipinski definition) is 5. The molecule has 0 bridgehead atoms. The first-order chi connectivity index (χ1) is 10.2. The Hall–Kier alpha value is -2.07. The molecule has 0 saturated carbocycles. The van der Waals surface area contributed by atoms with Gasteiger partial charge in [0.15, 0.2) is 0 Å². The number of hydrogen-bond donors (Lipinski definition) is 1. The third-order valence-corrected chi connectivity index (χ3v) is 4.68. The van der Waals surface area contributed by atoms with Crippen molar-refractivity contribution >= 4 is 34.8 Å². The number of carboxylic acids is 1. The van der Waals surface area contributed by atoms with Gasteiger partial charge in [0, 0.05) is 11.0 Å². The number of benzene rings is 1. The van der Waals surface area contributed by atoms with Crippen LogP contribution in [-0.2, 0) is 6.18 Å². The maximum absolute atomic E-state index is 12.6. The zero-order chi connectivity index (χ0) is 16.5. The Morgan fingerprint density at radius 3 is 2.50 bits per heavy atom. The summed E-state index contributed by atoms with van der Waals surface area (Å²) in [6, 6.07) is 3.58. The number of nitro benzene ring substituents is 1. The number of halogens is 3. The largest absolute Gasteiger partial charge is 0.477 e. The Morgan fingerprint density at radius 2 is 1.95 bits per heavy atom. The van der Waals surface area contributed by atoms with Crippen LogP contribution in [0.15, 0.2) is 39.4 Å². The average Bonchev–Trinajstić information content (AvgIpc) is 2.86. The second-order valence-corrected chi connectivity index (χ2v) is 5.96. The highest BCUT2D eigenvalue weighted by atomic mass is 32.2. The van der Waals surface area contributed by atoms with Gasteiger partial charge in [0.05, 0.1) is 15.4 Å². The van der Waals surface area contributed by atoms with Crippen LogP contribution < -0.4 is 0 Å². The number of nitro groups is 1. The minimum absolute atomic E-state index is 0.0285. The maximum atomic E-state index is 12.6. The van der Waals surface area contributed by atoms with Gasteiger partial charge in [-0.15, -0.1) is 11.3 Å². The lowest BCUT2D eigenvalue weighted by molar-refractivity contribution is -0.388. The van der Waals surface area contributed by atoms with Crippen molar-refractivity contribution in [3.63, 3.8) is 0 Å². The van der Waals surface area contributed by atoms with Crippen LogP contribution in [0, 0.1) is 10.1 Å². The van der Waals surface area contributed by atoms with E-state index in [1.165, 1.54) is 11.4 Å². The van der Waals surface area contributed by atoms with Gasteiger partial charge in [-0.2, -0.15) is 13.2 Å². The summed E-state index contributed by atoms with van der Waals surface area (Å²) in [4.78, 5) is 21.2. The second kappa shape index (κ2) is 5.97. The SMILES string of the molecule is O=C(O)c1sccc1Sc1ccc(C(F)(F)F)cc1[N+](=O)[O-]. The van der Waals surface area contributed by atoms with E-state index in [2.05, 4.69) is 0 Å². The van der Waals surface area contributed by atoms with Crippen molar-refractivity contribution in [2.75, 3.05) is 0 Å². The van der Waals surface area contributed by atoms with Crippen LogP contribution in [0.25, 0.3) is 0 Å². The molecule has 22 heavy (non-hydrogen) atoms. The molecule has 2 rings (SSSR count). The van der Waals surface area contributed by atoms with Crippen LogP contribution in [0.1, 0.15) is 15.2 Å². The first-order valence-electron chi connectivity index (χ1n) is 5.54. The fraction of sp³-hybridized carbons (Fsp3) is 0.0833. The Bertz CT molecular complexity index is 742. The first-order valence-corrected chi connectivity index (χ1v) is 7.24. The summed E-state index contributed by atoms with van der Waals surface area (Å²) in [6.45, 7) is 0. The highest BCUT2D eigenvalue weighted by Gasteiger charge is 2.33. The third-order valence-electron chi connectivity index (χ3n) is 2.53. The highest BCUT2D eigenvalue weighted by molar-refractivity contribution is 7.99. The lowest BCUT2D eigenvalue weighted by Crippen LogP contribution is -2.06. The lowest BCUT2D eigenvalue weighted by atomic mass is 10.2. The molecule has 0 aliphatic heterocycles. The van der Waals surface area contributed by atoms with Gasteiger partial charge in [-0.1, -0.05) is 11.8 Å². The van der Waals surface area contributed by atoms with Gasteiger partial charge >= 0.3 is 12.1 Å². The number of rotatable bonds is 4. The minimum atomic E-state index is -4.69. The Morgan fingerprint density at radius 1 is 1.27 bits per heavy atom. The molecule has 0 unspecified atom stereocenters. The van der Waals surface area contributed by atoms with E-state index < -0.39 is 28.3 Å². The van der Waals surface area contributed by atoms with E-state index in [1.54, 1.807) is 0 Å². The Labute approximate surface area is 129 Å². The van der Waals surface area contributed by atoms with E-state index >= 15 is 0 Å². The van der Waals surface area contributed by atoms with Gasteiger partial charge in [0.2, 0.25) is 0 Å². The van der Waals surface area contributed by atoms with Crippen LogP contribution in [0.5, 0.6) is 0 Å². The van der Waals surface area contributed by atoms with Crippen LogP contribution >= 0.6 is 23.1 Å². The molecule has 0 aliphatic rings. The molecule has 0 fully saturated rings. The summed E-state index contributed by atoms with van der Waals surface area (Å²) in [5.41, 5.74) is -1.85. The van der Waals surface area contributed by atoms with E-state index in [0.29, 0.717) is 6.07 Å². The molecule has 0 aliphatic carbocycles. The lowest BCUT2D eigenvalue weighted by Gasteiger charge is -2.08. The smallest absolute Gasteiger partial charge is 0.416 e. The summed E-state index contributed by atoms with van der Waals surface area (Å²) in [7, 11) is 0. The standard InChI is InChI=1S/C12H6F3NO4S2/c13-12(14,15)6-1-2-8(7(5-6)16(19)20)22-9-3-4-21-10(9)11(17)18/h1-5H,(H,17,18). The number of aromatic carboxylic acids is 1. The highest BCUT2D eigenvalue weighted by Crippen LogP contribution is 2.41. The molecule has 0 saturated heterocycles. The van der Waals surface area contributed by atoms with Gasteiger partial charge < -0.3 is 5.11 Å². The van der Waals surface area contributed by atoms with Crippen LogP contribution in [0.2, 0.25) is 0 Å². The van der Waals surface area contributed by atoms with Crippen molar-refractivity contribution in [1.29, 1.82) is 0 Å². The van der Waals surface area contributed by atoms with Crippen molar-refractivity contribution in [2.45, 2.75) is 16.0 Å². The molecule has 1 N–H and O–H groups in total. The van der Waals surface area contributed by atoms with Crippen LogP contribution in [-0.4, -0.2) is 16.0 Å². The molecule has 2 aromatic rings. The normalized spacial score (nSPS) is 11.4. The predicted molar refractivity (Wildman–Crippen MR) is 73.5 cm³/mol. The average molecular weight is 349 g/mol. The number of carboxylic acid groups (broad SMARTS) is 1. The van der Waals surface area contributed by atoms with Gasteiger partial charge in [-0.25, -0.2) is 4.79 Å². The quantitative estimate of drug-likeness (QED) is 0.648. The number of carbonyl (C=O) groups is 1. The van der Waals surface area contributed by atoms with Gasteiger partial charge in [0.25, 0.3) is 5.69 Å². The fourth-order valence-electron chi connectivity index (χ4n) is 1.57. The summed E-state index contributed by atoms with van der Waals surface area (Å²) < 4.78 is 37.8. The van der Waals surface area contributed by atoms with Gasteiger partial charge in [-0.3, -0.25) is 10.1 Å². The van der Waals surface area contributed by atoms with Crippen molar-refractivity contribution in [2.24, 2.45) is 0 Å². The fourth-order valence-corrected chi connectivity index (χ4v) is 3.48. The van der Waals surface area contributed by atoms with Gasteiger partial charge in [0.1, 0.15) is 4.88 Å². The van der Waals surface area contributed by atoms with Crippen LogP contribution in [0.3, 0.4) is 0 Å². The van der Waals surface area contributed by atoms with Crippen molar-refractivity contribution < 1.29 is 28.0 Å². The van der Waals surface area contributed by atoms with E-state index in [-0.39, 0.29) is 14.7 Å². The van der Waals surface area contributed by atoms with Crippen molar-refractivity contribution in [3.8, 4) is 0 Å². The molecule has 1 aromatic heterocycles. The molecule has 0 radical (unpaired) electrons. The molecular weight excluding hydrogens is 343 g/mol. The Kier molecular flexibility index (Phi) is 4.42. The zero-order valence-corrected chi connectivity index (χ0v) is 12.1. The molecule has 5 nitrogen and oxygen atoms in total. The number of nitrogens with zero attached hydrogens (tertiary/aromatic N) is 1. The third kappa shape index (κ3) is 3.39. The summed E-state index contributed by atoms with van der Waals surface area (Å²) in [5.74, 6) is -1.20. The molecular formula is C12H6F3NO4S2. The summed E-state index contributed by atoms with van der Waals surface area (Å²) >= 11 is 1.67. The molecule has 1 aromatic carbocycles. The predicted octanol–water partition coefficient (Wildman–Crippen LogP) is 4.52. The Balaban J connectivity index is 2.45. The molecule has 10 heteroatoms. The molecule has 0 spiro atoms. The summed E-state index contributed by atoms with van der Waals surface area (Å²) in [5, 5.41) is 21.4. The van der Waals surface area contributed by atoms with E-state index in [9.17, 15) is 28.1 Å². The number of alkyl halides is 3. The first kappa shape index (κ1) is 16.3. The zero-order valence-electron chi connectivity index (χ0n) is 10.5. The van der Waals surface area contributed by atoms with Crippen LogP contribution in [0.4, 0.5) is 18.9 Å². The monoisotopic (exact) mass is 349 g/mol. The molecule has 0 atom stereocenters. The number of thiophene rings is 1. The van der Waals surface area contributed by atoms with Crippen molar-refractivity contribution in [3.05, 3.63) is 50.2 Å². The summed E-state index contributed by atoms with van der Waals surface area (Å²) in [6.07, 6.45) is -4.69. The minimum Gasteiger partial charge on any atom is -0.477 e. The van der Waals surface area contributed by atoms with Crippen molar-refractivity contribution in [1.82, 2.24) is 0 Å². The van der Waals surface area contributed by atoms with E-state index in [0.717, 1.165) is 35.2 Å². The molecule has 1 heterocycles. The second-order valence-electron chi connectivity index (χ2n) is 3.96. The molecule has 0 amide bonds. The van der Waals surface area contributed by atoms with E-state index in [1.807, 2.05) is 0 Å².